The third-order valence-corrected chi connectivity index (χ3v) is 6.13. The van der Waals surface area contributed by atoms with Crippen LogP contribution in [-0.4, -0.2) is 35.7 Å². The molecule has 4 rings (SSSR count). The number of hydrogen-bond donors (Lipinski definition) is 0. The van der Waals surface area contributed by atoms with Crippen LogP contribution in [0.1, 0.15) is 56.6 Å². The number of ether oxygens (including phenoxy) is 2. The van der Waals surface area contributed by atoms with E-state index in [1.54, 1.807) is 19.5 Å². The lowest BCUT2D eigenvalue weighted by atomic mass is 9.69. The van der Waals surface area contributed by atoms with Crippen LogP contribution in [0, 0.1) is 5.92 Å². The summed E-state index contributed by atoms with van der Waals surface area (Å²) in [6, 6.07) is 11.6. The number of ketones is 1. The normalized spacial score (nSPS) is 23.0. The molecule has 6 nitrogen and oxygen atoms in total. The highest BCUT2D eigenvalue weighted by Gasteiger charge is 2.45. The molecule has 1 aliphatic heterocycles. The van der Waals surface area contributed by atoms with Gasteiger partial charge in [0.25, 0.3) is 0 Å². The maximum atomic E-state index is 13.5. The molecule has 1 aromatic heterocycles. The van der Waals surface area contributed by atoms with E-state index in [9.17, 15) is 9.59 Å². The molecule has 6 heteroatoms. The molecule has 2 aromatic rings. The molecule has 1 aliphatic carbocycles. The summed E-state index contributed by atoms with van der Waals surface area (Å²) < 4.78 is 10.8. The smallest absolute Gasteiger partial charge is 0.315 e. The van der Waals surface area contributed by atoms with Gasteiger partial charge in [0, 0.05) is 41.7 Å². The predicted octanol–water partition coefficient (Wildman–Crippen LogP) is 4.62. The number of methoxy groups -OCH3 is 1. The average molecular weight is 433 g/mol. The SMILES string of the molecule is COc1ccc([C@H]2CC(=O)C3=C(C2)N=C(C)C(C(=O)OC(C)C)[C@H]3c2cccnc2)cc1. The number of allylic oxidation sites excluding steroid dienone is 2. The summed E-state index contributed by atoms with van der Waals surface area (Å²) in [6.07, 6.45) is 4.19. The van der Waals surface area contributed by atoms with Crippen molar-refractivity contribution < 1.29 is 19.1 Å². The summed E-state index contributed by atoms with van der Waals surface area (Å²) in [5.41, 5.74) is 3.97. The first kappa shape index (κ1) is 21.9. The van der Waals surface area contributed by atoms with Crippen molar-refractivity contribution in [1.82, 2.24) is 4.98 Å². The number of carbonyl (C=O) groups excluding carboxylic acids is 2. The minimum absolute atomic E-state index is 0.0273. The Kier molecular flexibility index (Phi) is 6.21. The lowest BCUT2D eigenvalue weighted by Crippen LogP contribution is -2.38. The van der Waals surface area contributed by atoms with Crippen molar-refractivity contribution in [3.63, 3.8) is 0 Å². The molecule has 2 heterocycles. The van der Waals surface area contributed by atoms with Crippen LogP contribution in [0.25, 0.3) is 0 Å². The molecule has 1 aromatic carbocycles. The van der Waals surface area contributed by atoms with Crippen molar-refractivity contribution in [3.05, 3.63) is 71.2 Å². The molecule has 166 valence electrons. The Labute approximate surface area is 188 Å². The first-order chi connectivity index (χ1) is 15.4. The summed E-state index contributed by atoms with van der Waals surface area (Å²) in [5.74, 6) is -0.581. The standard InChI is InChI=1S/C26H28N2O4/c1-15(2)32-26(30)23-16(3)28-21-12-19(17-7-9-20(31-4)10-8-17)13-22(29)25(21)24(23)18-6-5-11-27-14-18/h5-11,14-15,19,23-24H,12-13H2,1-4H3/t19-,23?,24-/m1/s1. The summed E-state index contributed by atoms with van der Waals surface area (Å²) in [7, 11) is 1.63. The van der Waals surface area contributed by atoms with Crippen molar-refractivity contribution in [2.24, 2.45) is 10.9 Å². The summed E-state index contributed by atoms with van der Waals surface area (Å²) in [5, 5.41) is 0. The number of esters is 1. The highest BCUT2D eigenvalue weighted by atomic mass is 16.5. The number of nitrogens with zero attached hydrogens (tertiary/aromatic N) is 2. The second-order valence-corrected chi connectivity index (χ2v) is 8.64. The van der Waals surface area contributed by atoms with E-state index < -0.39 is 11.8 Å². The number of aromatic nitrogens is 1. The van der Waals surface area contributed by atoms with Gasteiger partial charge in [0.15, 0.2) is 5.78 Å². The van der Waals surface area contributed by atoms with Crippen LogP contribution in [-0.2, 0) is 14.3 Å². The lowest BCUT2D eigenvalue weighted by Gasteiger charge is -2.36. The molecular formula is C26H28N2O4. The Hall–Kier alpha value is -3.28. The van der Waals surface area contributed by atoms with Gasteiger partial charge in [-0.2, -0.15) is 0 Å². The molecule has 3 atom stereocenters. The van der Waals surface area contributed by atoms with Gasteiger partial charge >= 0.3 is 5.97 Å². The fraction of sp³-hybridized carbons (Fsp3) is 0.385. The number of hydrogen-bond acceptors (Lipinski definition) is 6. The van der Waals surface area contributed by atoms with Gasteiger partial charge in [-0.1, -0.05) is 18.2 Å². The first-order valence-electron chi connectivity index (χ1n) is 10.9. The van der Waals surface area contributed by atoms with Crippen LogP contribution in [0.2, 0.25) is 0 Å². The van der Waals surface area contributed by atoms with Gasteiger partial charge in [0.2, 0.25) is 0 Å². The maximum absolute atomic E-state index is 13.5. The highest BCUT2D eigenvalue weighted by molar-refractivity contribution is 6.09. The third-order valence-electron chi connectivity index (χ3n) is 6.13. The number of carbonyl (C=O) groups is 2. The zero-order valence-corrected chi connectivity index (χ0v) is 18.9. The van der Waals surface area contributed by atoms with Crippen LogP contribution < -0.4 is 4.74 Å². The van der Waals surface area contributed by atoms with Gasteiger partial charge in [0.05, 0.1) is 13.2 Å². The van der Waals surface area contributed by atoms with Gasteiger partial charge in [-0.3, -0.25) is 19.6 Å². The molecule has 0 bridgehead atoms. The van der Waals surface area contributed by atoms with Crippen LogP contribution in [0.4, 0.5) is 0 Å². The number of aliphatic imine (C=N–C) groups is 1. The van der Waals surface area contributed by atoms with E-state index in [2.05, 4.69) is 4.98 Å². The second kappa shape index (κ2) is 9.07. The monoisotopic (exact) mass is 432 g/mol. The van der Waals surface area contributed by atoms with Crippen LogP contribution in [0.5, 0.6) is 5.75 Å². The molecule has 0 saturated heterocycles. The van der Waals surface area contributed by atoms with Crippen molar-refractivity contribution in [1.29, 1.82) is 0 Å². The lowest BCUT2D eigenvalue weighted by molar-refractivity contribution is -0.150. The zero-order chi connectivity index (χ0) is 22.8. The van der Waals surface area contributed by atoms with E-state index in [4.69, 9.17) is 14.5 Å². The first-order valence-corrected chi connectivity index (χ1v) is 10.9. The van der Waals surface area contributed by atoms with Gasteiger partial charge in [-0.05, 0) is 62.4 Å². The number of rotatable bonds is 5. The maximum Gasteiger partial charge on any atom is 0.315 e. The fourth-order valence-electron chi connectivity index (χ4n) is 4.70. The van der Waals surface area contributed by atoms with Crippen molar-refractivity contribution >= 4 is 17.5 Å². The van der Waals surface area contributed by atoms with E-state index in [-0.39, 0.29) is 23.8 Å². The van der Waals surface area contributed by atoms with Crippen molar-refractivity contribution in [2.45, 2.75) is 51.6 Å². The van der Waals surface area contributed by atoms with E-state index in [0.717, 1.165) is 22.6 Å². The number of Topliss-reactive ketones (excluding diaryl/α,β-unsaturated/α-hetero) is 1. The summed E-state index contributed by atoms with van der Waals surface area (Å²) in [4.78, 5) is 35.6. The Morgan fingerprint density at radius 3 is 2.47 bits per heavy atom. The van der Waals surface area contributed by atoms with Gasteiger partial charge in [-0.25, -0.2) is 0 Å². The Bertz CT molecular complexity index is 1070. The fourth-order valence-corrected chi connectivity index (χ4v) is 4.70. The van der Waals surface area contributed by atoms with E-state index in [1.165, 1.54) is 0 Å². The van der Waals surface area contributed by atoms with Crippen molar-refractivity contribution in [2.75, 3.05) is 7.11 Å². The molecule has 2 aliphatic rings. The molecule has 1 unspecified atom stereocenters. The highest BCUT2D eigenvalue weighted by Crippen LogP contribution is 2.46. The van der Waals surface area contributed by atoms with E-state index in [1.807, 2.05) is 57.2 Å². The second-order valence-electron chi connectivity index (χ2n) is 8.64. The molecular weight excluding hydrogens is 404 g/mol. The van der Waals surface area contributed by atoms with Gasteiger partial charge in [-0.15, -0.1) is 0 Å². The molecule has 0 N–H and O–H groups in total. The average Bonchev–Trinajstić information content (AvgIpc) is 2.78. The van der Waals surface area contributed by atoms with Crippen LogP contribution >= 0.6 is 0 Å². The quantitative estimate of drug-likeness (QED) is 0.645. The number of pyridine rings is 1. The zero-order valence-electron chi connectivity index (χ0n) is 18.9. The Balaban J connectivity index is 1.75. The van der Waals surface area contributed by atoms with Gasteiger partial charge < -0.3 is 9.47 Å². The topological polar surface area (TPSA) is 77.8 Å². The summed E-state index contributed by atoms with van der Waals surface area (Å²) in [6.45, 7) is 5.49. The predicted molar refractivity (Wildman–Crippen MR) is 122 cm³/mol. The minimum Gasteiger partial charge on any atom is -0.497 e. The van der Waals surface area contributed by atoms with E-state index in [0.29, 0.717) is 24.1 Å². The van der Waals surface area contributed by atoms with Crippen LogP contribution in [0.15, 0.2) is 65.1 Å². The van der Waals surface area contributed by atoms with E-state index >= 15 is 0 Å². The Morgan fingerprint density at radius 2 is 1.84 bits per heavy atom. The Morgan fingerprint density at radius 1 is 1.09 bits per heavy atom. The molecule has 0 amide bonds. The van der Waals surface area contributed by atoms with Gasteiger partial charge in [0.1, 0.15) is 11.7 Å². The largest absolute Gasteiger partial charge is 0.497 e. The van der Waals surface area contributed by atoms with Crippen molar-refractivity contribution in [3.8, 4) is 5.75 Å². The molecule has 0 spiro atoms. The third kappa shape index (κ3) is 4.22. The minimum atomic E-state index is -0.637. The number of benzene rings is 1. The van der Waals surface area contributed by atoms with Crippen LogP contribution in [0.3, 0.4) is 0 Å². The molecule has 0 fully saturated rings. The molecule has 0 saturated carbocycles. The molecule has 32 heavy (non-hydrogen) atoms. The summed E-state index contributed by atoms with van der Waals surface area (Å²) >= 11 is 0. The molecule has 0 radical (unpaired) electrons.